The van der Waals surface area contributed by atoms with Gasteiger partial charge < -0.3 is 4.90 Å². The normalized spacial score (nSPS) is 12.0. The van der Waals surface area contributed by atoms with Crippen LogP contribution in [0.4, 0.5) is 0 Å². The van der Waals surface area contributed by atoms with Crippen molar-refractivity contribution in [3.8, 4) is 0 Å². The minimum atomic E-state index is -0.0973. The Labute approximate surface area is 138 Å². The Balaban J connectivity index is 1.97. The summed E-state index contributed by atoms with van der Waals surface area (Å²) in [6.07, 6.45) is 0. The summed E-state index contributed by atoms with van der Waals surface area (Å²) in [6, 6.07) is 18.0. The van der Waals surface area contributed by atoms with Crippen LogP contribution >= 0.6 is 27.7 Å². The van der Waals surface area contributed by atoms with Crippen molar-refractivity contribution in [2.75, 3.05) is 7.05 Å². The van der Waals surface area contributed by atoms with Gasteiger partial charge >= 0.3 is 0 Å². The summed E-state index contributed by atoms with van der Waals surface area (Å²) in [6.45, 7) is 2.57. The predicted octanol–water partition coefficient (Wildman–Crippen LogP) is 4.59. The summed E-state index contributed by atoms with van der Waals surface area (Å²) < 4.78 is 1.04. The van der Waals surface area contributed by atoms with Crippen LogP contribution in [0, 0.1) is 0 Å². The molecular formula is C17H18BrNOS. The van der Waals surface area contributed by atoms with Crippen molar-refractivity contribution in [3.63, 3.8) is 0 Å². The number of benzene rings is 2. The van der Waals surface area contributed by atoms with E-state index < -0.39 is 0 Å². The second kappa shape index (κ2) is 7.66. The number of rotatable bonds is 5. The van der Waals surface area contributed by atoms with Crippen LogP contribution in [0.3, 0.4) is 0 Å². The summed E-state index contributed by atoms with van der Waals surface area (Å²) >= 11 is 5.11. The Morgan fingerprint density at radius 3 is 2.43 bits per heavy atom. The molecule has 0 aliphatic rings. The van der Waals surface area contributed by atoms with E-state index in [-0.39, 0.29) is 11.2 Å². The van der Waals surface area contributed by atoms with Crippen LogP contribution < -0.4 is 0 Å². The number of carbonyl (C=O) groups is 1. The fourth-order valence-corrected chi connectivity index (χ4v) is 3.44. The standard InChI is InChI=1S/C17H18BrNOS/c1-13(21-15-9-4-3-5-10-15)17(20)19(2)12-14-8-6-7-11-16(14)18/h3-11,13H,12H2,1-2H3. The quantitative estimate of drug-likeness (QED) is 0.724. The minimum absolute atomic E-state index is 0.0973. The van der Waals surface area contributed by atoms with Crippen molar-refractivity contribution in [1.29, 1.82) is 0 Å². The first-order valence-electron chi connectivity index (χ1n) is 6.78. The maximum atomic E-state index is 12.5. The maximum absolute atomic E-state index is 12.5. The third-order valence-corrected chi connectivity index (χ3v) is 5.02. The molecule has 0 saturated carbocycles. The molecule has 4 heteroatoms. The summed E-state index contributed by atoms with van der Waals surface area (Å²) in [5, 5.41) is -0.0973. The highest BCUT2D eigenvalue weighted by molar-refractivity contribution is 9.10. The lowest BCUT2D eigenvalue weighted by Gasteiger charge is -2.21. The van der Waals surface area contributed by atoms with Crippen LogP contribution in [-0.4, -0.2) is 23.1 Å². The molecule has 0 saturated heterocycles. The van der Waals surface area contributed by atoms with Crippen LogP contribution in [0.5, 0.6) is 0 Å². The molecule has 0 radical (unpaired) electrons. The molecule has 21 heavy (non-hydrogen) atoms. The SMILES string of the molecule is CC(Sc1ccccc1)C(=O)N(C)Cc1ccccc1Br. The molecule has 1 atom stereocenters. The number of hydrogen-bond acceptors (Lipinski definition) is 2. The Morgan fingerprint density at radius 2 is 1.76 bits per heavy atom. The average molecular weight is 364 g/mol. The summed E-state index contributed by atoms with van der Waals surface area (Å²) in [4.78, 5) is 15.3. The molecule has 2 aromatic rings. The third-order valence-electron chi connectivity index (χ3n) is 3.15. The zero-order chi connectivity index (χ0) is 15.2. The van der Waals surface area contributed by atoms with Crippen molar-refractivity contribution >= 4 is 33.6 Å². The van der Waals surface area contributed by atoms with Crippen LogP contribution in [0.25, 0.3) is 0 Å². The zero-order valence-corrected chi connectivity index (χ0v) is 14.5. The molecule has 2 rings (SSSR count). The highest BCUT2D eigenvalue weighted by atomic mass is 79.9. The van der Waals surface area contributed by atoms with E-state index in [1.54, 1.807) is 16.7 Å². The van der Waals surface area contributed by atoms with Gasteiger partial charge in [0.2, 0.25) is 5.91 Å². The van der Waals surface area contributed by atoms with Crippen LogP contribution in [0.15, 0.2) is 64.0 Å². The summed E-state index contributed by atoms with van der Waals surface area (Å²) in [7, 11) is 1.85. The zero-order valence-electron chi connectivity index (χ0n) is 12.1. The number of carbonyl (C=O) groups excluding carboxylic acids is 1. The van der Waals surface area contributed by atoms with Gasteiger partial charge in [0, 0.05) is 23.0 Å². The first-order valence-corrected chi connectivity index (χ1v) is 8.45. The van der Waals surface area contributed by atoms with Crippen molar-refractivity contribution in [3.05, 3.63) is 64.6 Å². The second-order valence-electron chi connectivity index (χ2n) is 4.86. The Bertz CT molecular complexity index is 603. The minimum Gasteiger partial charge on any atom is -0.340 e. The number of hydrogen-bond donors (Lipinski definition) is 0. The smallest absolute Gasteiger partial charge is 0.235 e. The Kier molecular flexibility index (Phi) is 5.88. The van der Waals surface area contributed by atoms with E-state index in [0.717, 1.165) is 14.9 Å². The van der Waals surface area contributed by atoms with Crippen molar-refractivity contribution in [1.82, 2.24) is 4.90 Å². The van der Waals surface area contributed by atoms with Gasteiger partial charge in [-0.2, -0.15) is 0 Å². The maximum Gasteiger partial charge on any atom is 0.235 e. The van der Waals surface area contributed by atoms with E-state index in [1.807, 2.05) is 68.6 Å². The van der Waals surface area contributed by atoms with E-state index in [1.165, 1.54) is 0 Å². The van der Waals surface area contributed by atoms with Gasteiger partial charge in [0.25, 0.3) is 0 Å². The van der Waals surface area contributed by atoms with E-state index >= 15 is 0 Å². The lowest BCUT2D eigenvalue weighted by atomic mass is 10.2. The topological polar surface area (TPSA) is 20.3 Å². The van der Waals surface area contributed by atoms with Crippen LogP contribution in [0.1, 0.15) is 12.5 Å². The molecule has 2 nitrogen and oxygen atoms in total. The molecule has 0 bridgehead atoms. The molecule has 1 amide bonds. The fraction of sp³-hybridized carbons (Fsp3) is 0.235. The highest BCUT2D eigenvalue weighted by Gasteiger charge is 2.19. The molecule has 0 heterocycles. The summed E-state index contributed by atoms with van der Waals surface area (Å²) in [5.74, 6) is 0.139. The van der Waals surface area contributed by atoms with Crippen molar-refractivity contribution in [2.45, 2.75) is 23.6 Å². The summed E-state index contributed by atoms with van der Waals surface area (Å²) in [5.41, 5.74) is 1.12. The number of halogens is 1. The van der Waals surface area contributed by atoms with E-state index in [9.17, 15) is 4.79 Å². The van der Waals surface area contributed by atoms with Gasteiger partial charge in [0.1, 0.15) is 0 Å². The monoisotopic (exact) mass is 363 g/mol. The first kappa shape index (κ1) is 16.1. The fourth-order valence-electron chi connectivity index (χ4n) is 2.02. The van der Waals surface area contributed by atoms with Gasteiger partial charge in [-0.25, -0.2) is 0 Å². The van der Waals surface area contributed by atoms with Gasteiger partial charge in [-0.1, -0.05) is 52.3 Å². The number of nitrogens with zero attached hydrogens (tertiary/aromatic N) is 1. The third kappa shape index (κ3) is 4.61. The molecule has 0 aliphatic heterocycles. The number of thioether (sulfide) groups is 1. The molecule has 0 aliphatic carbocycles. The van der Waals surface area contributed by atoms with E-state index in [2.05, 4.69) is 15.9 Å². The molecule has 0 N–H and O–H groups in total. The molecule has 2 aromatic carbocycles. The lowest BCUT2D eigenvalue weighted by Crippen LogP contribution is -2.32. The highest BCUT2D eigenvalue weighted by Crippen LogP contribution is 2.25. The molecular weight excluding hydrogens is 346 g/mol. The van der Waals surface area contributed by atoms with E-state index in [0.29, 0.717) is 6.54 Å². The predicted molar refractivity (Wildman–Crippen MR) is 92.4 cm³/mol. The molecule has 1 unspecified atom stereocenters. The van der Waals surface area contributed by atoms with Crippen LogP contribution in [-0.2, 0) is 11.3 Å². The molecule has 110 valence electrons. The molecule has 0 fully saturated rings. The van der Waals surface area contributed by atoms with E-state index in [4.69, 9.17) is 0 Å². The lowest BCUT2D eigenvalue weighted by molar-refractivity contribution is -0.129. The van der Waals surface area contributed by atoms with Gasteiger partial charge in [-0.3, -0.25) is 4.79 Å². The van der Waals surface area contributed by atoms with Gasteiger partial charge in [0.05, 0.1) is 5.25 Å². The molecule has 0 spiro atoms. The Morgan fingerprint density at radius 1 is 1.14 bits per heavy atom. The Hall–Kier alpha value is -1.26. The second-order valence-corrected chi connectivity index (χ2v) is 7.13. The first-order chi connectivity index (χ1) is 10.1. The van der Waals surface area contributed by atoms with Gasteiger partial charge in [0.15, 0.2) is 0 Å². The van der Waals surface area contributed by atoms with Gasteiger partial charge in [-0.05, 0) is 30.7 Å². The van der Waals surface area contributed by atoms with Gasteiger partial charge in [-0.15, -0.1) is 11.8 Å². The molecule has 0 aromatic heterocycles. The van der Waals surface area contributed by atoms with Crippen LogP contribution in [0.2, 0.25) is 0 Å². The largest absolute Gasteiger partial charge is 0.340 e. The number of amides is 1. The van der Waals surface area contributed by atoms with Crippen molar-refractivity contribution < 1.29 is 4.79 Å². The average Bonchev–Trinajstić information content (AvgIpc) is 2.49. The van der Waals surface area contributed by atoms with Crippen molar-refractivity contribution in [2.24, 2.45) is 0 Å².